The van der Waals surface area contributed by atoms with Crippen LogP contribution < -0.4 is 0 Å². The van der Waals surface area contributed by atoms with E-state index in [0.29, 0.717) is 5.92 Å². The number of benzene rings is 21. The van der Waals surface area contributed by atoms with E-state index in [4.69, 9.17) is 0 Å². The molecule has 24 aromatic rings. The van der Waals surface area contributed by atoms with Crippen LogP contribution in [0, 0.1) is 0 Å². The van der Waals surface area contributed by atoms with E-state index in [1.807, 2.05) is 166 Å². The van der Waals surface area contributed by atoms with Crippen molar-refractivity contribution < 1.29 is 0 Å². The molecule has 5 aliphatic carbocycles. The highest BCUT2D eigenvalue weighted by Crippen LogP contribution is 2.60. The fraction of sp³-hybridized carbons (Fsp3) is 0.255. The third-order valence-corrected chi connectivity index (χ3v) is 29.3. The van der Waals surface area contributed by atoms with Crippen LogP contribution in [0.5, 0.6) is 0 Å². The van der Waals surface area contributed by atoms with Crippen molar-refractivity contribution in [3.05, 3.63) is 407 Å². The minimum absolute atomic E-state index is 0.482. The summed E-state index contributed by atoms with van der Waals surface area (Å²) < 4.78 is 7.64. The van der Waals surface area contributed by atoms with Gasteiger partial charge >= 0.3 is 0 Å². The Kier molecular flexibility index (Phi) is 37.0. The molecule has 0 spiro atoms. The molecule has 0 saturated carbocycles. The van der Waals surface area contributed by atoms with E-state index >= 15 is 0 Å². The zero-order valence-corrected chi connectivity index (χ0v) is 94.1. The first-order chi connectivity index (χ1) is 73.4. The van der Waals surface area contributed by atoms with Gasteiger partial charge in [-0.25, -0.2) is 0 Å². The molecule has 1 atom stereocenters. The Hall–Kier alpha value is -14.6. The lowest BCUT2D eigenvalue weighted by Gasteiger charge is -2.17. The summed E-state index contributed by atoms with van der Waals surface area (Å²) in [5.41, 5.74) is 37.5. The molecule has 21 aromatic carbocycles. The summed E-state index contributed by atoms with van der Waals surface area (Å²) in [4.78, 5) is 0. The van der Waals surface area contributed by atoms with Gasteiger partial charge in [0.15, 0.2) is 0 Å². The molecule has 0 saturated heterocycles. The van der Waals surface area contributed by atoms with Gasteiger partial charge in [0.05, 0.1) is 22.1 Å². The number of hydrogen-bond acceptors (Lipinski definition) is 0. The number of fused-ring (bicyclic) bond motifs is 50. The Balaban J connectivity index is 0.000000146. The minimum Gasteiger partial charge on any atom is -0.340 e. The summed E-state index contributed by atoms with van der Waals surface area (Å²) in [5, 5.41) is 33.1. The maximum Gasteiger partial charge on any atom is 0.0577 e. The maximum atomic E-state index is 2.59. The SMILES string of the molecule is CC.CC.CC.CC.CC.CC.CC.CC.CC.CC.CC.CC.CCC1c2ccccc2-c2c3c(c4ccccc4c21)Cc1c-3ccc2ccccc12.CCn1c2c3ccccc3c3c(c2c2c4ccccc4c4ccccc4c21)-c1ccccc1C3.CCn1c2cc3ccccc3cc2c2c3c(c4ccccc4c21)Cc1ccccc1-3.CCn1c2ccc3ccccc3c2c2c3c(c4ccccc4c21)Cc1ccccc1-3. The quantitative estimate of drug-likeness (QED) is 0.156. The third kappa shape index (κ3) is 18.2. The van der Waals surface area contributed by atoms with Crippen molar-refractivity contribution in [1.82, 2.24) is 13.7 Å². The number of aromatic nitrogens is 3. The molecule has 0 bridgehead atoms. The van der Waals surface area contributed by atoms with Crippen LogP contribution in [0.15, 0.2) is 352 Å². The summed E-state index contributed by atoms with van der Waals surface area (Å²) in [7, 11) is 0. The van der Waals surface area contributed by atoms with Crippen LogP contribution in [-0.2, 0) is 45.3 Å². The van der Waals surface area contributed by atoms with E-state index in [2.05, 4.69) is 393 Å². The smallest absolute Gasteiger partial charge is 0.0577 e. The molecule has 3 nitrogen and oxygen atoms in total. The average molecular weight is 1940 g/mol. The highest BCUT2D eigenvalue weighted by molar-refractivity contribution is 6.38. The van der Waals surface area contributed by atoms with Gasteiger partial charge in [-0.3, -0.25) is 0 Å². The second kappa shape index (κ2) is 50.2. The third-order valence-electron chi connectivity index (χ3n) is 29.3. The average Bonchev–Trinajstić information content (AvgIpc) is 1.53. The van der Waals surface area contributed by atoms with Gasteiger partial charge in [0.25, 0.3) is 0 Å². The van der Waals surface area contributed by atoms with Crippen molar-refractivity contribution >= 4 is 162 Å². The van der Waals surface area contributed by atoms with E-state index in [9.17, 15) is 0 Å². The van der Waals surface area contributed by atoms with Gasteiger partial charge in [-0.05, 0) is 258 Å². The number of nitrogens with zero attached hydrogens (tertiary/aromatic N) is 3. The molecular formula is C145H159N3. The Morgan fingerprint density at radius 1 is 0.189 bits per heavy atom. The topological polar surface area (TPSA) is 14.8 Å². The molecule has 3 heteroatoms. The first kappa shape index (κ1) is 109. The normalized spacial score (nSPS) is 11.9. The number of aryl methyl sites for hydroxylation is 3. The molecule has 3 heterocycles. The highest BCUT2D eigenvalue weighted by atomic mass is 15.0. The van der Waals surface area contributed by atoms with Crippen molar-refractivity contribution in [2.45, 2.75) is 252 Å². The zero-order chi connectivity index (χ0) is 106. The van der Waals surface area contributed by atoms with Crippen molar-refractivity contribution in [3.63, 3.8) is 0 Å². The molecule has 0 fully saturated rings. The lowest BCUT2D eigenvalue weighted by atomic mass is 9.85. The van der Waals surface area contributed by atoms with Crippen molar-refractivity contribution in [2.75, 3.05) is 0 Å². The lowest BCUT2D eigenvalue weighted by molar-refractivity contribution is 0.803. The standard InChI is InChI=1S/C33H23N.C30H22.2C29H21N.12C2H6/c1-2-34-32-26-17-9-6-14-23(26)22-13-5-8-16-25(22)30(32)31-29-21-12-4-3-11-20(21)19-28(29)24-15-7-10-18-27(24)33(31)34;1-2-19-21-11-5-8-14-24(21)30-28(19)23-13-7-6-12-22(23)27-17-26-20-10-4-3-9-18(20)15-16-25(26)29(27)30;1-2-30-25-16-15-18-9-3-5-11-20(18)27(25)28-26-21-12-6-4-10-19(21)17-24(26)22-13-7-8-14-23(22)29(28)30;1-2-30-26-17-19-10-4-3-9-18(19)15-25(26)28-27-21-12-6-5-11-20(21)16-24(27)22-13-7-8-14-23(22)29(28)30;12*1-2/h3-18H,2,19H2,1H3;3-16,19H,2,17H2,1H3;3-16H,2,17H2,1H3;3-15,17H,2,16H2,1H3;12*1-2H3. The van der Waals surface area contributed by atoms with Crippen LogP contribution in [-0.4, -0.2) is 13.7 Å². The van der Waals surface area contributed by atoms with E-state index < -0.39 is 0 Å². The van der Waals surface area contributed by atoms with Crippen molar-refractivity contribution in [3.8, 4) is 55.6 Å². The Morgan fingerprint density at radius 3 is 0.966 bits per heavy atom. The first-order valence-corrected chi connectivity index (χ1v) is 56.9. The second-order valence-corrected chi connectivity index (χ2v) is 35.0. The van der Waals surface area contributed by atoms with E-state index in [0.717, 1.165) is 51.7 Å². The van der Waals surface area contributed by atoms with Crippen LogP contribution in [0.4, 0.5) is 0 Å². The highest BCUT2D eigenvalue weighted by Gasteiger charge is 2.38. The predicted octanol–water partition coefficient (Wildman–Crippen LogP) is 44.6. The monoisotopic (exact) mass is 1940 g/mol. The van der Waals surface area contributed by atoms with Crippen molar-refractivity contribution in [2.24, 2.45) is 0 Å². The van der Waals surface area contributed by atoms with E-state index in [-0.39, 0.29) is 0 Å². The fourth-order valence-corrected chi connectivity index (χ4v) is 24.4. The van der Waals surface area contributed by atoms with E-state index in [1.165, 1.54) is 268 Å². The summed E-state index contributed by atoms with van der Waals surface area (Å²) in [6.07, 6.45) is 5.21. The van der Waals surface area contributed by atoms with Crippen molar-refractivity contribution in [1.29, 1.82) is 0 Å². The van der Waals surface area contributed by atoms with Gasteiger partial charge in [0, 0.05) is 90.4 Å². The minimum atomic E-state index is 0.482. The van der Waals surface area contributed by atoms with Gasteiger partial charge in [-0.2, -0.15) is 0 Å². The maximum absolute atomic E-state index is 2.59. The van der Waals surface area contributed by atoms with Gasteiger partial charge in [0.2, 0.25) is 0 Å². The molecule has 29 rings (SSSR count). The molecule has 0 aliphatic heterocycles. The van der Waals surface area contributed by atoms with Crippen LogP contribution >= 0.6 is 0 Å². The van der Waals surface area contributed by atoms with Gasteiger partial charge in [0.1, 0.15) is 0 Å². The Morgan fingerprint density at radius 2 is 0.500 bits per heavy atom. The molecule has 0 radical (unpaired) electrons. The summed E-state index contributed by atoms with van der Waals surface area (Å²) in [5.74, 6) is 0.482. The lowest BCUT2D eigenvalue weighted by Crippen LogP contribution is -1.97. The van der Waals surface area contributed by atoms with E-state index in [1.54, 1.807) is 5.56 Å². The summed E-state index contributed by atoms with van der Waals surface area (Å²) in [6, 6.07) is 131. The van der Waals surface area contributed by atoms with Crippen LogP contribution in [0.2, 0.25) is 0 Å². The molecule has 3 aromatic heterocycles. The molecule has 148 heavy (non-hydrogen) atoms. The molecule has 5 aliphatic rings. The first-order valence-electron chi connectivity index (χ1n) is 56.9. The Bertz CT molecular complexity index is 8800. The zero-order valence-electron chi connectivity index (χ0n) is 94.1. The fourth-order valence-electron chi connectivity index (χ4n) is 24.4. The molecule has 754 valence electrons. The van der Waals surface area contributed by atoms with Crippen LogP contribution in [0.1, 0.15) is 262 Å². The summed E-state index contributed by atoms with van der Waals surface area (Å²) in [6.45, 7) is 60.0. The number of hydrogen-bond donors (Lipinski definition) is 0. The largest absolute Gasteiger partial charge is 0.340 e. The summed E-state index contributed by atoms with van der Waals surface area (Å²) >= 11 is 0. The van der Waals surface area contributed by atoms with Gasteiger partial charge in [-0.1, -0.05) is 507 Å². The molecule has 1 unspecified atom stereocenters. The predicted molar refractivity (Wildman–Crippen MR) is 666 cm³/mol. The Labute approximate surface area is 884 Å². The number of rotatable bonds is 4. The van der Waals surface area contributed by atoms with Crippen LogP contribution in [0.3, 0.4) is 0 Å². The second-order valence-electron chi connectivity index (χ2n) is 35.0. The molecular weight excluding hydrogens is 1780 g/mol. The van der Waals surface area contributed by atoms with Gasteiger partial charge in [-0.15, -0.1) is 0 Å². The van der Waals surface area contributed by atoms with Gasteiger partial charge < -0.3 is 13.7 Å². The molecule has 0 N–H and O–H groups in total. The van der Waals surface area contributed by atoms with Crippen LogP contribution in [0.25, 0.3) is 218 Å². The molecule has 0 amide bonds.